The number of benzene rings is 2. The van der Waals surface area contributed by atoms with Gasteiger partial charge < -0.3 is 0 Å². The molecule has 1 aromatic heterocycles. The van der Waals surface area contributed by atoms with Gasteiger partial charge in [0.25, 0.3) is 0 Å². The van der Waals surface area contributed by atoms with Crippen LogP contribution in [0.25, 0.3) is 0 Å². The van der Waals surface area contributed by atoms with Crippen molar-refractivity contribution < 1.29 is 0 Å². The molecule has 0 amide bonds. The summed E-state index contributed by atoms with van der Waals surface area (Å²) in [6, 6.07) is 19.2. The first-order valence-electron chi connectivity index (χ1n) is 9.02. The van der Waals surface area contributed by atoms with Gasteiger partial charge in [0.05, 0.1) is 12.6 Å². The molecule has 0 N–H and O–H groups in total. The van der Waals surface area contributed by atoms with E-state index in [1.165, 1.54) is 4.57 Å². The molecule has 4 rings (SSSR count). The van der Waals surface area contributed by atoms with Crippen molar-refractivity contribution in [3.63, 3.8) is 0 Å². The van der Waals surface area contributed by atoms with Gasteiger partial charge in [-0.2, -0.15) is 0 Å². The highest BCUT2D eigenvalue weighted by atomic mass is 32.1. The van der Waals surface area contributed by atoms with Crippen LogP contribution in [0.4, 0.5) is 0 Å². The summed E-state index contributed by atoms with van der Waals surface area (Å²) >= 11 is 0.994. The molecule has 0 fully saturated rings. The molecule has 0 saturated heterocycles. The molecule has 1 heterocycles. The van der Waals surface area contributed by atoms with Gasteiger partial charge in [0.1, 0.15) is 0 Å². The monoisotopic (exact) mass is 376 g/mol. The zero-order valence-electron chi connectivity index (χ0n) is 14.8. The normalized spacial score (nSPS) is 14.7. The first-order valence-corrected chi connectivity index (χ1v) is 9.79. The Kier molecular flexibility index (Phi) is 5.03. The van der Waals surface area contributed by atoms with Crippen molar-refractivity contribution in [2.75, 3.05) is 0 Å². The van der Waals surface area contributed by atoms with Crippen molar-refractivity contribution in [3.8, 4) is 0 Å². The third-order valence-electron chi connectivity index (χ3n) is 4.69. The summed E-state index contributed by atoms with van der Waals surface area (Å²) in [6.45, 7) is 0.290. The Balaban J connectivity index is 1.81. The zero-order chi connectivity index (χ0) is 18.6. The van der Waals surface area contributed by atoms with E-state index in [2.05, 4.69) is 18.2 Å². The number of nitrogens with zero attached hydrogens (tertiary/aromatic N) is 2. The first-order chi connectivity index (χ1) is 13.2. The number of hydrogen-bond donors (Lipinski definition) is 0. The van der Waals surface area contributed by atoms with Crippen LogP contribution >= 0.6 is 11.5 Å². The third-order valence-corrected chi connectivity index (χ3v) is 5.63. The lowest BCUT2D eigenvalue weighted by Crippen LogP contribution is -2.31. The second kappa shape index (κ2) is 7.76. The maximum absolute atomic E-state index is 13.1. The predicted molar refractivity (Wildman–Crippen MR) is 109 cm³/mol. The smallest absolute Gasteiger partial charge is 0.255 e. The van der Waals surface area contributed by atoms with Gasteiger partial charge in [-0.05, 0) is 29.5 Å². The Morgan fingerprint density at radius 2 is 1.63 bits per heavy atom. The lowest BCUT2D eigenvalue weighted by molar-refractivity contribution is 0.635. The second-order valence-corrected chi connectivity index (χ2v) is 7.46. The van der Waals surface area contributed by atoms with E-state index in [1.807, 2.05) is 60.7 Å². The topological polar surface area (TPSA) is 44.0 Å². The van der Waals surface area contributed by atoms with Crippen molar-refractivity contribution in [2.24, 2.45) is 0 Å². The first kappa shape index (κ1) is 17.5. The van der Waals surface area contributed by atoms with Crippen LogP contribution in [0.2, 0.25) is 0 Å². The number of aromatic nitrogens is 2. The second-order valence-electron chi connectivity index (χ2n) is 6.53. The summed E-state index contributed by atoms with van der Waals surface area (Å²) in [5.41, 5.74) is 2.74. The third kappa shape index (κ3) is 3.64. The Morgan fingerprint density at radius 3 is 2.30 bits per heavy atom. The van der Waals surface area contributed by atoms with Crippen molar-refractivity contribution in [2.45, 2.75) is 25.4 Å². The molecule has 0 aliphatic heterocycles. The SMILES string of the molecule is O=c1sn(C(C2=CCCC=C2)c2ccccc2)c(=O)n1Cc1ccccc1. The van der Waals surface area contributed by atoms with Crippen molar-refractivity contribution >= 4 is 11.5 Å². The van der Waals surface area contributed by atoms with E-state index >= 15 is 0 Å². The predicted octanol–water partition coefficient (Wildman–Crippen LogP) is 3.99. The highest BCUT2D eigenvalue weighted by Gasteiger charge is 2.23. The molecule has 0 radical (unpaired) electrons. The maximum Gasteiger partial charge on any atom is 0.342 e. The Labute approximate surface area is 161 Å². The lowest BCUT2D eigenvalue weighted by atomic mass is 9.95. The van der Waals surface area contributed by atoms with E-state index < -0.39 is 0 Å². The highest BCUT2D eigenvalue weighted by Crippen LogP contribution is 2.29. The van der Waals surface area contributed by atoms with Gasteiger partial charge in [-0.3, -0.25) is 4.79 Å². The molecule has 0 saturated carbocycles. The summed E-state index contributed by atoms with van der Waals surface area (Å²) in [4.78, 5) is 25.5. The lowest BCUT2D eigenvalue weighted by Gasteiger charge is -2.20. The molecule has 0 spiro atoms. The van der Waals surface area contributed by atoms with Gasteiger partial charge in [0.15, 0.2) is 0 Å². The van der Waals surface area contributed by atoms with Crippen LogP contribution < -0.4 is 10.6 Å². The van der Waals surface area contributed by atoms with Crippen LogP contribution in [-0.4, -0.2) is 8.52 Å². The van der Waals surface area contributed by atoms with Gasteiger partial charge in [0, 0.05) is 11.5 Å². The average Bonchev–Trinajstić information content (AvgIpc) is 2.99. The molecule has 27 heavy (non-hydrogen) atoms. The van der Waals surface area contributed by atoms with E-state index in [4.69, 9.17) is 0 Å². The molecule has 1 aliphatic rings. The summed E-state index contributed by atoms with van der Waals surface area (Å²) in [6.07, 6.45) is 8.31. The minimum Gasteiger partial charge on any atom is -0.255 e. The van der Waals surface area contributed by atoms with Crippen LogP contribution in [0.1, 0.15) is 30.0 Å². The molecule has 1 aliphatic carbocycles. The van der Waals surface area contributed by atoms with Crippen molar-refractivity contribution in [1.82, 2.24) is 8.52 Å². The van der Waals surface area contributed by atoms with E-state index in [0.717, 1.165) is 41.1 Å². The van der Waals surface area contributed by atoms with Gasteiger partial charge in [-0.15, -0.1) is 0 Å². The van der Waals surface area contributed by atoms with Crippen LogP contribution in [0.5, 0.6) is 0 Å². The van der Waals surface area contributed by atoms with Gasteiger partial charge in [-0.25, -0.2) is 13.3 Å². The highest BCUT2D eigenvalue weighted by molar-refractivity contribution is 7.03. The van der Waals surface area contributed by atoms with E-state index in [-0.39, 0.29) is 16.6 Å². The van der Waals surface area contributed by atoms with Gasteiger partial charge in [0.2, 0.25) is 0 Å². The van der Waals surface area contributed by atoms with Crippen molar-refractivity contribution in [1.29, 1.82) is 0 Å². The Bertz CT molecular complexity index is 1090. The fourth-order valence-corrected chi connectivity index (χ4v) is 4.30. The molecular formula is C22H20N2O2S. The largest absolute Gasteiger partial charge is 0.342 e. The Hall–Kier alpha value is -2.92. The standard InChI is InChI=1S/C22H20N2O2S/c25-21-23(16-17-10-4-1-5-11-17)22(26)27-24(21)20(18-12-6-2-7-13-18)19-14-8-3-9-15-19/h1-2,4-8,10-15,20H,3,9,16H2. The fourth-order valence-electron chi connectivity index (χ4n) is 3.37. The Morgan fingerprint density at radius 1 is 0.926 bits per heavy atom. The van der Waals surface area contributed by atoms with Gasteiger partial charge in [-0.1, -0.05) is 78.9 Å². The molecule has 1 unspecified atom stereocenters. The van der Waals surface area contributed by atoms with Crippen LogP contribution in [0.15, 0.2) is 94.1 Å². The zero-order valence-corrected chi connectivity index (χ0v) is 15.6. The minimum absolute atomic E-state index is 0.231. The molecule has 4 nitrogen and oxygen atoms in total. The average molecular weight is 376 g/mol. The summed E-state index contributed by atoms with van der Waals surface area (Å²) in [5.74, 6) is 0. The fraction of sp³-hybridized carbons (Fsp3) is 0.182. The van der Waals surface area contributed by atoms with Crippen LogP contribution in [0.3, 0.4) is 0 Å². The number of rotatable bonds is 5. The molecule has 0 bridgehead atoms. The van der Waals surface area contributed by atoms with Crippen molar-refractivity contribution in [3.05, 3.63) is 116 Å². The number of allylic oxidation sites excluding steroid dienone is 4. The molecule has 1 atom stereocenters. The van der Waals surface area contributed by atoms with Crippen LogP contribution in [-0.2, 0) is 6.54 Å². The van der Waals surface area contributed by atoms with Crippen LogP contribution in [0, 0.1) is 0 Å². The summed E-state index contributed by atoms with van der Waals surface area (Å²) in [5, 5.41) is 0. The maximum atomic E-state index is 13.1. The molecule has 2 aromatic carbocycles. The summed E-state index contributed by atoms with van der Waals surface area (Å²) < 4.78 is 2.94. The number of hydrogen-bond acceptors (Lipinski definition) is 3. The molecular weight excluding hydrogens is 356 g/mol. The van der Waals surface area contributed by atoms with E-state index in [0.29, 0.717) is 6.54 Å². The summed E-state index contributed by atoms with van der Waals surface area (Å²) in [7, 11) is 0. The minimum atomic E-state index is -0.273. The molecule has 3 aromatic rings. The van der Waals surface area contributed by atoms with Gasteiger partial charge >= 0.3 is 10.6 Å². The molecule has 5 heteroatoms. The quantitative estimate of drug-likeness (QED) is 0.676. The molecule has 136 valence electrons. The van der Waals surface area contributed by atoms with E-state index in [1.54, 1.807) is 3.96 Å². The van der Waals surface area contributed by atoms with E-state index in [9.17, 15) is 9.59 Å².